The monoisotopic (exact) mass is 235 g/mol. The van der Waals surface area contributed by atoms with E-state index in [1.54, 1.807) is 24.4 Å². The summed E-state index contributed by atoms with van der Waals surface area (Å²) in [4.78, 5) is 5.07. The Hall–Kier alpha value is -1.39. The number of rotatable bonds is 3. The van der Waals surface area contributed by atoms with E-state index in [1.165, 1.54) is 23.9 Å². The standard InChI is InChI=1S/C12H10FNOS/c13-10-3-5-11(6-4-10)16-12-9(8-15)2-1-7-14-12/h1-7,15H,8H2. The molecule has 16 heavy (non-hydrogen) atoms. The Labute approximate surface area is 97.2 Å². The van der Waals surface area contributed by atoms with Gasteiger partial charge in [0, 0.05) is 16.7 Å². The molecule has 0 saturated heterocycles. The molecule has 1 heterocycles. The summed E-state index contributed by atoms with van der Waals surface area (Å²) >= 11 is 1.41. The van der Waals surface area contributed by atoms with Crippen LogP contribution in [0.1, 0.15) is 5.56 Å². The lowest BCUT2D eigenvalue weighted by Gasteiger charge is -2.05. The van der Waals surface area contributed by atoms with Gasteiger partial charge in [-0.15, -0.1) is 0 Å². The van der Waals surface area contributed by atoms with Gasteiger partial charge in [0.2, 0.25) is 0 Å². The molecule has 0 atom stereocenters. The number of aliphatic hydroxyl groups is 1. The number of benzene rings is 1. The summed E-state index contributed by atoms with van der Waals surface area (Å²) in [5, 5.41) is 9.87. The van der Waals surface area contributed by atoms with Gasteiger partial charge in [0.05, 0.1) is 6.61 Å². The fraction of sp³-hybridized carbons (Fsp3) is 0.0833. The van der Waals surface area contributed by atoms with Crippen LogP contribution in [0.4, 0.5) is 4.39 Å². The molecule has 4 heteroatoms. The maximum atomic E-state index is 12.7. The second kappa shape index (κ2) is 5.09. The number of hydrogen-bond acceptors (Lipinski definition) is 3. The maximum Gasteiger partial charge on any atom is 0.123 e. The smallest absolute Gasteiger partial charge is 0.123 e. The number of nitrogens with zero attached hydrogens (tertiary/aromatic N) is 1. The van der Waals surface area contributed by atoms with E-state index in [4.69, 9.17) is 5.11 Å². The minimum absolute atomic E-state index is 0.0443. The number of pyridine rings is 1. The van der Waals surface area contributed by atoms with E-state index >= 15 is 0 Å². The zero-order chi connectivity index (χ0) is 11.4. The molecule has 0 radical (unpaired) electrons. The minimum Gasteiger partial charge on any atom is -0.392 e. The molecule has 0 unspecified atom stereocenters. The molecule has 2 nitrogen and oxygen atoms in total. The predicted molar refractivity (Wildman–Crippen MR) is 60.7 cm³/mol. The maximum absolute atomic E-state index is 12.7. The van der Waals surface area contributed by atoms with Gasteiger partial charge in [-0.2, -0.15) is 0 Å². The van der Waals surface area contributed by atoms with Crippen molar-refractivity contribution in [3.8, 4) is 0 Å². The van der Waals surface area contributed by atoms with Crippen molar-refractivity contribution in [2.45, 2.75) is 16.5 Å². The van der Waals surface area contributed by atoms with Gasteiger partial charge in [0.1, 0.15) is 10.8 Å². The summed E-state index contributed by atoms with van der Waals surface area (Å²) in [7, 11) is 0. The van der Waals surface area contributed by atoms with Crippen LogP contribution >= 0.6 is 11.8 Å². The van der Waals surface area contributed by atoms with Gasteiger partial charge in [-0.3, -0.25) is 0 Å². The van der Waals surface area contributed by atoms with Crippen LogP contribution in [0.5, 0.6) is 0 Å². The fourth-order valence-electron chi connectivity index (χ4n) is 1.25. The molecule has 0 aliphatic rings. The molecular weight excluding hydrogens is 225 g/mol. The van der Waals surface area contributed by atoms with E-state index in [2.05, 4.69) is 4.98 Å². The third-order valence-electron chi connectivity index (χ3n) is 2.05. The molecule has 1 aromatic heterocycles. The lowest BCUT2D eigenvalue weighted by atomic mass is 10.3. The number of aromatic nitrogens is 1. The molecule has 0 saturated carbocycles. The largest absolute Gasteiger partial charge is 0.392 e. The molecule has 0 fully saturated rings. The first-order valence-electron chi connectivity index (χ1n) is 4.78. The van der Waals surface area contributed by atoms with Crippen LogP contribution < -0.4 is 0 Å². The van der Waals surface area contributed by atoms with E-state index in [0.29, 0.717) is 0 Å². The molecule has 0 aliphatic carbocycles. The zero-order valence-electron chi connectivity index (χ0n) is 8.43. The normalized spacial score (nSPS) is 10.4. The van der Waals surface area contributed by atoms with E-state index < -0.39 is 0 Å². The van der Waals surface area contributed by atoms with Crippen molar-refractivity contribution in [1.29, 1.82) is 0 Å². The zero-order valence-corrected chi connectivity index (χ0v) is 9.25. The van der Waals surface area contributed by atoms with Gasteiger partial charge in [0.15, 0.2) is 0 Å². The summed E-state index contributed by atoms with van der Waals surface area (Å²) in [5.41, 5.74) is 0.775. The molecule has 1 N–H and O–H groups in total. The average Bonchev–Trinajstić information content (AvgIpc) is 2.33. The topological polar surface area (TPSA) is 33.1 Å². The second-order valence-corrected chi connectivity index (χ2v) is 4.24. The third-order valence-corrected chi connectivity index (χ3v) is 3.12. The van der Waals surface area contributed by atoms with Crippen LogP contribution in [-0.2, 0) is 6.61 Å². The van der Waals surface area contributed by atoms with E-state index in [0.717, 1.165) is 15.5 Å². The van der Waals surface area contributed by atoms with E-state index in [1.807, 2.05) is 6.07 Å². The third kappa shape index (κ3) is 2.59. The fourth-order valence-corrected chi connectivity index (χ4v) is 2.12. The number of hydrogen-bond donors (Lipinski definition) is 1. The highest BCUT2D eigenvalue weighted by Crippen LogP contribution is 2.28. The Kier molecular flexibility index (Phi) is 3.54. The van der Waals surface area contributed by atoms with Crippen LogP contribution in [0.15, 0.2) is 52.5 Å². The quantitative estimate of drug-likeness (QED) is 0.888. The Morgan fingerprint density at radius 3 is 2.62 bits per heavy atom. The summed E-state index contributed by atoms with van der Waals surface area (Å²) in [6, 6.07) is 9.79. The van der Waals surface area contributed by atoms with Gasteiger partial charge >= 0.3 is 0 Å². The highest BCUT2D eigenvalue weighted by atomic mass is 32.2. The van der Waals surface area contributed by atoms with Crippen molar-refractivity contribution < 1.29 is 9.50 Å². The molecule has 0 spiro atoms. The SMILES string of the molecule is OCc1cccnc1Sc1ccc(F)cc1. The first-order valence-corrected chi connectivity index (χ1v) is 5.59. The van der Waals surface area contributed by atoms with Gasteiger partial charge in [0.25, 0.3) is 0 Å². The van der Waals surface area contributed by atoms with Crippen LogP contribution in [0.25, 0.3) is 0 Å². The lowest BCUT2D eigenvalue weighted by molar-refractivity contribution is 0.278. The Balaban J connectivity index is 2.23. The van der Waals surface area contributed by atoms with Gasteiger partial charge in [-0.1, -0.05) is 17.8 Å². The van der Waals surface area contributed by atoms with Crippen molar-refractivity contribution in [3.63, 3.8) is 0 Å². The Morgan fingerprint density at radius 2 is 1.94 bits per heavy atom. The van der Waals surface area contributed by atoms with Gasteiger partial charge < -0.3 is 5.11 Å². The summed E-state index contributed by atoms with van der Waals surface area (Å²) < 4.78 is 12.7. The van der Waals surface area contributed by atoms with Crippen LogP contribution in [0, 0.1) is 5.82 Å². The van der Waals surface area contributed by atoms with Crippen LogP contribution in [0.3, 0.4) is 0 Å². The molecule has 2 rings (SSSR count). The van der Waals surface area contributed by atoms with Crippen molar-refractivity contribution in [2.24, 2.45) is 0 Å². The molecular formula is C12H10FNOS. The average molecular weight is 235 g/mol. The van der Waals surface area contributed by atoms with E-state index in [9.17, 15) is 4.39 Å². The molecule has 0 amide bonds. The highest BCUT2D eigenvalue weighted by molar-refractivity contribution is 7.99. The molecule has 2 aromatic rings. The predicted octanol–water partition coefficient (Wildman–Crippen LogP) is 2.86. The minimum atomic E-state index is -0.257. The second-order valence-electron chi connectivity index (χ2n) is 3.18. The lowest BCUT2D eigenvalue weighted by Crippen LogP contribution is -1.90. The summed E-state index contributed by atoms with van der Waals surface area (Å²) in [5.74, 6) is -0.257. The number of halogens is 1. The molecule has 0 bridgehead atoms. The van der Waals surface area contributed by atoms with Crippen molar-refractivity contribution in [2.75, 3.05) is 0 Å². The van der Waals surface area contributed by atoms with Crippen molar-refractivity contribution in [1.82, 2.24) is 4.98 Å². The summed E-state index contributed by atoms with van der Waals surface area (Å²) in [6.45, 7) is -0.0443. The first kappa shape index (κ1) is 11.1. The molecule has 0 aliphatic heterocycles. The first-order chi connectivity index (χ1) is 7.79. The van der Waals surface area contributed by atoms with Crippen LogP contribution in [-0.4, -0.2) is 10.1 Å². The molecule has 82 valence electrons. The van der Waals surface area contributed by atoms with Crippen molar-refractivity contribution in [3.05, 3.63) is 54.0 Å². The molecule has 1 aromatic carbocycles. The highest BCUT2D eigenvalue weighted by Gasteiger charge is 2.04. The van der Waals surface area contributed by atoms with Gasteiger partial charge in [-0.05, 0) is 30.3 Å². The van der Waals surface area contributed by atoms with Crippen LogP contribution in [0.2, 0.25) is 0 Å². The van der Waals surface area contributed by atoms with E-state index in [-0.39, 0.29) is 12.4 Å². The van der Waals surface area contributed by atoms with Crippen molar-refractivity contribution >= 4 is 11.8 Å². The summed E-state index contributed by atoms with van der Waals surface area (Å²) in [6.07, 6.45) is 1.67. The Morgan fingerprint density at radius 1 is 1.19 bits per heavy atom. The van der Waals surface area contributed by atoms with Gasteiger partial charge in [-0.25, -0.2) is 9.37 Å². The number of aliphatic hydroxyl groups excluding tert-OH is 1. The Bertz CT molecular complexity index is 473.